The molecule has 0 fully saturated rings. The molecule has 0 saturated carbocycles. The predicted molar refractivity (Wildman–Crippen MR) is 43.3 cm³/mol. The van der Waals surface area contributed by atoms with E-state index in [0.717, 1.165) is 0 Å². The van der Waals surface area contributed by atoms with Crippen molar-refractivity contribution in [3.05, 3.63) is 22.4 Å². The lowest BCUT2D eigenvalue weighted by Crippen LogP contribution is -1.91. The van der Waals surface area contributed by atoms with Gasteiger partial charge in [0, 0.05) is 6.20 Å². The first-order valence-corrected chi connectivity index (χ1v) is 4.39. The Balaban J connectivity index is 3.23. The molecule has 1 rings (SSSR count). The molecule has 1 aromatic rings. The minimum Gasteiger partial charge on any atom is -0.302 e. The maximum Gasteiger partial charge on any atom is 0.189 e. The van der Waals surface area contributed by atoms with E-state index in [4.69, 9.17) is 27.8 Å². The molecule has 1 aromatic heterocycles. The quantitative estimate of drug-likeness (QED) is 0.571. The van der Waals surface area contributed by atoms with Crippen molar-refractivity contribution in [2.45, 2.75) is 4.90 Å². The van der Waals surface area contributed by atoms with Crippen LogP contribution in [0, 0.1) is 0 Å². The zero-order chi connectivity index (χ0) is 8.43. The highest BCUT2D eigenvalue weighted by atomic mass is 35.5. The van der Waals surface area contributed by atoms with Crippen molar-refractivity contribution in [2.75, 3.05) is 0 Å². The van der Waals surface area contributed by atoms with Gasteiger partial charge in [0.05, 0.1) is 5.02 Å². The van der Waals surface area contributed by atoms with E-state index in [1.54, 1.807) is 0 Å². The lowest BCUT2D eigenvalue weighted by atomic mass is 10.5. The number of pyridine rings is 1. The average molecular weight is 212 g/mol. The Morgan fingerprint density at radius 3 is 2.64 bits per heavy atom. The molecule has 1 heterocycles. The predicted octanol–water partition coefficient (Wildman–Crippen LogP) is 1.97. The fraction of sp³-hybridized carbons (Fsp3) is 0. The molecule has 0 bridgehead atoms. The lowest BCUT2D eigenvalue weighted by Gasteiger charge is -1.96. The molecule has 3 nitrogen and oxygen atoms in total. The smallest absolute Gasteiger partial charge is 0.189 e. The van der Waals surface area contributed by atoms with Gasteiger partial charge < -0.3 is 4.55 Å². The van der Waals surface area contributed by atoms with E-state index in [2.05, 4.69) is 4.98 Å². The fourth-order valence-electron chi connectivity index (χ4n) is 0.526. The van der Waals surface area contributed by atoms with E-state index in [1.807, 2.05) is 0 Å². The molecule has 60 valence electrons. The van der Waals surface area contributed by atoms with Crippen LogP contribution in [0.4, 0.5) is 0 Å². The minimum atomic E-state index is -2.13. The number of hydrogen-bond donors (Lipinski definition) is 1. The molecule has 1 N–H and O–H groups in total. The molecule has 0 aromatic carbocycles. The molecule has 1 unspecified atom stereocenters. The molecule has 0 spiro atoms. The molecule has 6 heteroatoms. The van der Waals surface area contributed by atoms with Crippen LogP contribution in [0.25, 0.3) is 0 Å². The van der Waals surface area contributed by atoms with Crippen molar-refractivity contribution in [3.63, 3.8) is 0 Å². The summed E-state index contributed by atoms with van der Waals surface area (Å²) in [5.41, 5.74) is 0. The van der Waals surface area contributed by atoms with Crippen LogP contribution in [0.1, 0.15) is 0 Å². The molecule has 0 radical (unpaired) electrons. The molecule has 1 atom stereocenters. The van der Waals surface area contributed by atoms with E-state index in [-0.39, 0.29) is 15.1 Å². The summed E-state index contributed by atoms with van der Waals surface area (Å²) in [7, 11) is 0. The number of aromatic nitrogens is 1. The van der Waals surface area contributed by atoms with Gasteiger partial charge in [0.15, 0.2) is 11.1 Å². The van der Waals surface area contributed by atoms with E-state index in [9.17, 15) is 4.21 Å². The second kappa shape index (κ2) is 3.49. The largest absolute Gasteiger partial charge is 0.302 e. The second-order valence-electron chi connectivity index (χ2n) is 1.69. The summed E-state index contributed by atoms with van der Waals surface area (Å²) in [6.45, 7) is 0. The van der Waals surface area contributed by atoms with Gasteiger partial charge in [-0.1, -0.05) is 23.2 Å². The van der Waals surface area contributed by atoms with Gasteiger partial charge >= 0.3 is 0 Å². The van der Waals surface area contributed by atoms with Crippen LogP contribution in [0.3, 0.4) is 0 Å². The van der Waals surface area contributed by atoms with Crippen molar-refractivity contribution in [1.29, 1.82) is 0 Å². The highest BCUT2D eigenvalue weighted by molar-refractivity contribution is 7.79. The highest BCUT2D eigenvalue weighted by Gasteiger charge is 2.07. The van der Waals surface area contributed by atoms with Gasteiger partial charge in [0.1, 0.15) is 10.0 Å². The first kappa shape index (κ1) is 8.93. The van der Waals surface area contributed by atoms with Crippen molar-refractivity contribution >= 4 is 34.3 Å². The summed E-state index contributed by atoms with van der Waals surface area (Å²) in [5.74, 6) is 0. The molecule has 0 aliphatic heterocycles. The zero-order valence-corrected chi connectivity index (χ0v) is 7.45. The van der Waals surface area contributed by atoms with Crippen LogP contribution in [0.15, 0.2) is 17.2 Å². The Hall–Kier alpha value is -0.160. The Labute approximate surface area is 75.6 Å². The van der Waals surface area contributed by atoms with Gasteiger partial charge in [-0.2, -0.15) is 0 Å². The third-order valence-corrected chi connectivity index (χ3v) is 2.27. The van der Waals surface area contributed by atoms with Gasteiger partial charge in [0.25, 0.3) is 0 Å². The summed E-state index contributed by atoms with van der Waals surface area (Å²) in [6.07, 6.45) is 1.31. The molecule has 0 amide bonds. The number of hydrogen-bond acceptors (Lipinski definition) is 2. The Kier molecular flexibility index (Phi) is 2.84. The normalized spacial score (nSPS) is 13.0. The summed E-state index contributed by atoms with van der Waals surface area (Å²) < 4.78 is 19.1. The summed E-state index contributed by atoms with van der Waals surface area (Å²) in [5, 5.41) is 0.280. The Morgan fingerprint density at radius 1 is 1.55 bits per heavy atom. The van der Waals surface area contributed by atoms with E-state index < -0.39 is 11.1 Å². The van der Waals surface area contributed by atoms with Crippen molar-refractivity contribution < 1.29 is 8.76 Å². The van der Waals surface area contributed by atoms with Crippen LogP contribution in [0.2, 0.25) is 10.2 Å². The number of nitrogens with zero attached hydrogens (tertiary/aromatic N) is 1. The summed E-state index contributed by atoms with van der Waals surface area (Å²) in [4.78, 5) is 3.61. The number of halogens is 2. The Bertz CT molecular complexity index is 305. The van der Waals surface area contributed by atoms with Crippen LogP contribution >= 0.6 is 23.2 Å². The first-order chi connectivity index (χ1) is 5.11. The van der Waals surface area contributed by atoms with E-state index in [1.165, 1.54) is 12.3 Å². The average Bonchev–Trinajstić information content (AvgIpc) is 1.94. The maximum atomic E-state index is 10.5. The standard InChI is InChI=1S/C5H3Cl2NO2S/c6-3-1-4(11(9)10)5(7)8-2-3/h1-2H,(H,9,10). The van der Waals surface area contributed by atoms with Crippen LogP contribution < -0.4 is 0 Å². The van der Waals surface area contributed by atoms with Gasteiger partial charge in [-0.3, -0.25) is 0 Å². The van der Waals surface area contributed by atoms with Crippen LogP contribution in [0.5, 0.6) is 0 Å². The summed E-state index contributed by atoms with van der Waals surface area (Å²) in [6, 6.07) is 1.30. The van der Waals surface area contributed by atoms with Crippen LogP contribution in [-0.2, 0) is 11.1 Å². The second-order valence-corrected chi connectivity index (χ2v) is 3.42. The molecule has 0 saturated heterocycles. The topological polar surface area (TPSA) is 50.2 Å². The third-order valence-electron chi connectivity index (χ3n) is 0.962. The van der Waals surface area contributed by atoms with Crippen molar-refractivity contribution in [1.82, 2.24) is 4.98 Å². The van der Waals surface area contributed by atoms with Gasteiger partial charge in [-0.05, 0) is 6.07 Å². The zero-order valence-electron chi connectivity index (χ0n) is 5.12. The van der Waals surface area contributed by atoms with E-state index >= 15 is 0 Å². The SMILES string of the molecule is O=S(O)c1cc(Cl)cnc1Cl. The molecule has 11 heavy (non-hydrogen) atoms. The van der Waals surface area contributed by atoms with Crippen molar-refractivity contribution in [2.24, 2.45) is 0 Å². The highest BCUT2D eigenvalue weighted by Crippen LogP contribution is 2.19. The lowest BCUT2D eigenvalue weighted by molar-refractivity contribution is 0.564. The van der Waals surface area contributed by atoms with Crippen molar-refractivity contribution in [3.8, 4) is 0 Å². The van der Waals surface area contributed by atoms with Gasteiger partial charge in [-0.15, -0.1) is 0 Å². The first-order valence-electron chi connectivity index (χ1n) is 2.53. The molecule has 0 aliphatic carbocycles. The monoisotopic (exact) mass is 211 g/mol. The van der Waals surface area contributed by atoms with E-state index in [0.29, 0.717) is 0 Å². The maximum absolute atomic E-state index is 10.5. The van der Waals surface area contributed by atoms with Gasteiger partial charge in [0.2, 0.25) is 0 Å². The fourth-order valence-corrected chi connectivity index (χ4v) is 1.47. The molecule has 0 aliphatic rings. The summed E-state index contributed by atoms with van der Waals surface area (Å²) >= 11 is 8.83. The minimum absolute atomic E-state index is 0.00441. The third kappa shape index (κ3) is 2.13. The van der Waals surface area contributed by atoms with Crippen LogP contribution in [-0.4, -0.2) is 13.7 Å². The Morgan fingerprint density at radius 2 is 2.18 bits per heavy atom. The molecular weight excluding hydrogens is 209 g/mol. The molecular formula is C5H3Cl2NO2S. The van der Waals surface area contributed by atoms with Gasteiger partial charge in [-0.25, -0.2) is 9.19 Å². The number of rotatable bonds is 1.